The van der Waals surface area contributed by atoms with Crippen molar-refractivity contribution in [1.29, 1.82) is 5.26 Å². The highest BCUT2D eigenvalue weighted by Crippen LogP contribution is 2.30. The number of aliphatic hydroxyl groups is 1. The third-order valence-electron chi connectivity index (χ3n) is 3.23. The molecule has 0 fully saturated rings. The number of carbonyl (C=O) groups excluding carboxylic acids is 1. The number of nitrogens with zero attached hydrogens (tertiary/aromatic N) is 1. The molecular weight excluding hydrogens is 329 g/mol. The summed E-state index contributed by atoms with van der Waals surface area (Å²) in [5.41, 5.74) is -1.05. The van der Waals surface area contributed by atoms with Gasteiger partial charge in [-0.25, -0.2) is 4.79 Å². The molecule has 9 heteroatoms. The van der Waals surface area contributed by atoms with Crippen LogP contribution in [0.5, 0.6) is 0 Å². The Morgan fingerprint density at radius 3 is 2.25 bits per heavy atom. The molecule has 1 aromatic rings. The van der Waals surface area contributed by atoms with Crippen LogP contribution < -0.4 is 5.32 Å². The van der Waals surface area contributed by atoms with E-state index < -0.39 is 41.7 Å². The van der Waals surface area contributed by atoms with Gasteiger partial charge >= 0.3 is 12.1 Å². The third kappa shape index (κ3) is 5.24. The van der Waals surface area contributed by atoms with Crippen molar-refractivity contribution in [2.24, 2.45) is 5.92 Å². The Kier molecular flexibility index (Phi) is 6.31. The molecule has 0 saturated heterocycles. The quantitative estimate of drug-likeness (QED) is 0.729. The van der Waals surface area contributed by atoms with Gasteiger partial charge in [0.15, 0.2) is 6.10 Å². The summed E-state index contributed by atoms with van der Waals surface area (Å²) in [6.45, 7) is 1.47. The lowest BCUT2D eigenvalue weighted by molar-refractivity contribution is -0.144. The van der Waals surface area contributed by atoms with E-state index in [1.165, 1.54) is 6.92 Å². The van der Waals surface area contributed by atoms with Crippen molar-refractivity contribution < 1.29 is 33.0 Å². The van der Waals surface area contributed by atoms with Crippen LogP contribution in [0.25, 0.3) is 0 Å². The van der Waals surface area contributed by atoms with E-state index in [-0.39, 0.29) is 12.0 Å². The van der Waals surface area contributed by atoms with Crippen LogP contribution in [-0.2, 0) is 15.8 Å². The summed E-state index contributed by atoms with van der Waals surface area (Å²) < 4.78 is 37.4. The highest BCUT2D eigenvalue weighted by molar-refractivity contribution is 5.87. The van der Waals surface area contributed by atoms with E-state index in [1.807, 2.05) is 6.07 Å². The van der Waals surface area contributed by atoms with E-state index in [0.717, 1.165) is 12.1 Å². The van der Waals surface area contributed by atoms with Crippen molar-refractivity contribution in [3.63, 3.8) is 0 Å². The lowest BCUT2D eigenvalue weighted by Gasteiger charge is -2.18. The monoisotopic (exact) mass is 344 g/mol. The van der Waals surface area contributed by atoms with Gasteiger partial charge in [-0.05, 0) is 31.0 Å². The summed E-state index contributed by atoms with van der Waals surface area (Å²) in [6.07, 6.45) is -6.54. The molecule has 0 spiro atoms. The molecule has 1 aromatic carbocycles. The Morgan fingerprint density at radius 2 is 1.83 bits per heavy atom. The average molecular weight is 344 g/mol. The number of carbonyl (C=O) groups is 2. The van der Waals surface area contributed by atoms with Gasteiger partial charge in [0.1, 0.15) is 6.04 Å². The van der Waals surface area contributed by atoms with Crippen molar-refractivity contribution >= 4 is 11.9 Å². The van der Waals surface area contributed by atoms with Crippen LogP contribution in [0, 0.1) is 17.2 Å². The standard InChI is InChI=1S/C15H15F3N2O4/c1-8(7-19)6-11(14(23)24)20-13(22)12(21)9-2-4-10(5-3-9)15(16,17)18/h2-5,8,11-12,21H,6H2,1H3,(H,20,22)(H,23,24)/t8-,11+,12-/m1/s1. The highest BCUT2D eigenvalue weighted by Gasteiger charge is 2.31. The molecule has 0 radical (unpaired) electrons. The second-order valence-electron chi connectivity index (χ2n) is 5.19. The molecule has 0 aromatic heterocycles. The van der Waals surface area contributed by atoms with Gasteiger partial charge in [0, 0.05) is 5.92 Å². The molecule has 6 nitrogen and oxygen atoms in total. The van der Waals surface area contributed by atoms with Crippen LogP contribution in [0.4, 0.5) is 13.2 Å². The maximum atomic E-state index is 12.5. The smallest absolute Gasteiger partial charge is 0.416 e. The molecule has 0 heterocycles. The lowest BCUT2D eigenvalue weighted by atomic mass is 10.0. The number of aliphatic carboxylic acids is 1. The number of carboxylic acids is 1. The zero-order valence-corrected chi connectivity index (χ0v) is 12.5. The van der Waals surface area contributed by atoms with Crippen molar-refractivity contribution in [3.05, 3.63) is 35.4 Å². The minimum absolute atomic E-state index is 0.113. The number of nitriles is 1. The van der Waals surface area contributed by atoms with Gasteiger partial charge in [0.25, 0.3) is 5.91 Å². The van der Waals surface area contributed by atoms with Crippen molar-refractivity contribution in [1.82, 2.24) is 5.32 Å². The Morgan fingerprint density at radius 1 is 1.29 bits per heavy atom. The predicted molar refractivity (Wildman–Crippen MR) is 75.4 cm³/mol. The fourth-order valence-corrected chi connectivity index (χ4v) is 1.88. The molecule has 3 atom stereocenters. The first kappa shape index (κ1) is 19.4. The fraction of sp³-hybridized carbons (Fsp3) is 0.400. The number of aliphatic hydroxyl groups excluding tert-OH is 1. The normalized spacial score (nSPS) is 15.0. The van der Waals surface area contributed by atoms with Gasteiger partial charge < -0.3 is 15.5 Å². The first-order chi connectivity index (χ1) is 11.1. The van der Waals surface area contributed by atoms with E-state index in [1.54, 1.807) is 0 Å². The van der Waals surface area contributed by atoms with E-state index in [4.69, 9.17) is 10.4 Å². The van der Waals surface area contributed by atoms with Crippen molar-refractivity contribution in [3.8, 4) is 6.07 Å². The zero-order chi connectivity index (χ0) is 18.5. The van der Waals surface area contributed by atoms with Gasteiger partial charge in [-0.3, -0.25) is 4.79 Å². The SMILES string of the molecule is C[C@@H](C#N)C[C@H](NC(=O)[C@H](O)c1ccc(C(F)(F)F)cc1)C(=O)O. The van der Waals surface area contributed by atoms with E-state index >= 15 is 0 Å². The zero-order valence-electron chi connectivity index (χ0n) is 12.5. The molecule has 24 heavy (non-hydrogen) atoms. The number of amides is 1. The van der Waals surface area contributed by atoms with E-state index in [9.17, 15) is 27.9 Å². The van der Waals surface area contributed by atoms with Crippen molar-refractivity contribution in [2.45, 2.75) is 31.7 Å². The van der Waals surface area contributed by atoms with Gasteiger partial charge in [0.05, 0.1) is 11.6 Å². The van der Waals surface area contributed by atoms with Crippen LogP contribution in [-0.4, -0.2) is 28.1 Å². The summed E-state index contributed by atoms with van der Waals surface area (Å²) in [6, 6.07) is 3.70. The first-order valence-corrected chi connectivity index (χ1v) is 6.84. The number of nitrogens with one attached hydrogen (secondary N) is 1. The van der Waals surface area contributed by atoms with Crippen LogP contribution in [0.1, 0.15) is 30.6 Å². The van der Waals surface area contributed by atoms with E-state index in [0.29, 0.717) is 12.1 Å². The minimum atomic E-state index is -4.55. The second kappa shape index (κ2) is 7.79. The molecule has 0 saturated carbocycles. The number of rotatable bonds is 6. The predicted octanol–water partition coefficient (Wildman–Crippen LogP) is 1.86. The largest absolute Gasteiger partial charge is 0.480 e. The molecule has 130 valence electrons. The lowest BCUT2D eigenvalue weighted by Crippen LogP contribution is -2.43. The number of hydrogen-bond donors (Lipinski definition) is 3. The van der Waals surface area contributed by atoms with Gasteiger partial charge in [-0.15, -0.1) is 0 Å². The molecule has 0 unspecified atom stereocenters. The van der Waals surface area contributed by atoms with Crippen molar-refractivity contribution in [2.75, 3.05) is 0 Å². The van der Waals surface area contributed by atoms with E-state index in [2.05, 4.69) is 5.32 Å². The summed E-state index contributed by atoms with van der Waals surface area (Å²) in [5, 5.41) is 29.6. The number of hydrogen-bond acceptors (Lipinski definition) is 4. The van der Waals surface area contributed by atoms with Crippen LogP contribution in [0.15, 0.2) is 24.3 Å². The Balaban J connectivity index is 2.83. The third-order valence-corrected chi connectivity index (χ3v) is 3.23. The first-order valence-electron chi connectivity index (χ1n) is 6.84. The van der Waals surface area contributed by atoms with Gasteiger partial charge in [0.2, 0.25) is 0 Å². The molecule has 0 aliphatic rings. The summed E-state index contributed by atoms with van der Waals surface area (Å²) >= 11 is 0. The molecule has 3 N–H and O–H groups in total. The summed E-state index contributed by atoms with van der Waals surface area (Å²) in [4.78, 5) is 23.0. The van der Waals surface area contributed by atoms with Crippen LogP contribution in [0.2, 0.25) is 0 Å². The highest BCUT2D eigenvalue weighted by atomic mass is 19.4. The molecule has 0 bridgehead atoms. The molecule has 1 rings (SSSR count). The van der Waals surface area contributed by atoms with Crippen LogP contribution in [0.3, 0.4) is 0 Å². The number of benzene rings is 1. The second-order valence-corrected chi connectivity index (χ2v) is 5.19. The number of halogens is 3. The number of carboxylic acid groups (broad SMARTS) is 1. The topological polar surface area (TPSA) is 110 Å². The fourth-order valence-electron chi connectivity index (χ4n) is 1.88. The maximum absolute atomic E-state index is 12.5. The van der Waals surface area contributed by atoms with Gasteiger partial charge in [-0.1, -0.05) is 12.1 Å². The Hall–Kier alpha value is -2.60. The Bertz CT molecular complexity index is 638. The molecule has 0 aliphatic heterocycles. The minimum Gasteiger partial charge on any atom is -0.480 e. The molecular formula is C15H15F3N2O4. The Labute approximate surface area is 135 Å². The summed E-state index contributed by atoms with van der Waals surface area (Å²) in [5.74, 6) is -3.10. The molecule has 0 aliphatic carbocycles. The van der Waals surface area contributed by atoms with Gasteiger partial charge in [-0.2, -0.15) is 18.4 Å². The number of alkyl halides is 3. The average Bonchev–Trinajstić information content (AvgIpc) is 2.52. The molecule has 1 amide bonds. The maximum Gasteiger partial charge on any atom is 0.416 e. The summed E-state index contributed by atoms with van der Waals surface area (Å²) in [7, 11) is 0. The van der Waals surface area contributed by atoms with Crippen LogP contribution >= 0.6 is 0 Å².